The van der Waals surface area contributed by atoms with E-state index < -0.39 is 22.7 Å². The predicted octanol–water partition coefficient (Wildman–Crippen LogP) is 4.23. The van der Waals surface area contributed by atoms with Gasteiger partial charge in [-0.2, -0.15) is 0 Å². The molecule has 26 heavy (non-hydrogen) atoms. The quantitative estimate of drug-likeness (QED) is 0.877. The molecule has 0 spiro atoms. The van der Waals surface area contributed by atoms with Gasteiger partial charge in [-0.05, 0) is 31.9 Å². The first-order valence-electron chi connectivity index (χ1n) is 8.77. The average Bonchev–Trinajstić information content (AvgIpc) is 3.11. The lowest BCUT2D eigenvalue weighted by Gasteiger charge is -2.39. The molecule has 0 radical (unpaired) electrons. The van der Waals surface area contributed by atoms with E-state index in [1.807, 2.05) is 81.4 Å². The molecule has 0 unspecified atom stereocenters. The molecule has 0 aliphatic carbocycles. The third-order valence-corrected chi connectivity index (χ3v) is 5.63. The monoisotopic (exact) mass is 371 g/mol. The number of carbonyl (C=O) groups excluding carboxylic acids is 1. The van der Waals surface area contributed by atoms with E-state index in [2.05, 4.69) is 0 Å². The Balaban J connectivity index is 2.03. The van der Waals surface area contributed by atoms with Crippen LogP contribution in [0.1, 0.15) is 31.9 Å². The summed E-state index contributed by atoms with van der Waals surface area (Å²) in [7, 11) is 0. The van der Waals surface area contributed by atoms with Gasteiger partial charge in [-0.3, -0.25) is 4.90 Å². The van der Waals surface area contributed by atoms with E-state index in [0.29, 0.717) is 6.54 Å². The summed E-state index contributed by atoms with van der Waals surface area (Å²) in [5.74, 6) is 0.756. The second-order valence-corrected chi connectivity index (χ2v) is 8.58. The Morgan fingerprint density at radius 3 is 2.00 bits per heavy atom. The third-order valence-electron chi connectivity index (χ3n) is 4.30. The number of hydrogen-bond donors (Lipinski definition) is 1. The fourth-order valence-electron chi connectivity index (χ4n) is 3.16. The van der Waals surface area contributed by atoms with Gasteiger partial charge in [-0.1, -0.05) is 60.7 Å². The van der Waals surface area contributed by atoms with E-state index >= 15 is 0 Å². The highest BCUT2D eigenvalue weighted by Crippen LogP contribution is 2.43. The average molecular weight is 372 g/mol. The van der Waals surface area contributed by atoms with Crippen LogP contribution in [0, 0.1) is 0 Å². The number of carbonyl (C=O) groups is 1. The van der Waals surface area contributed by atoms with Crippen LogP contribution < -0.4 is 0 Å². The summed E-state index contributed by atoms with van der Waals surface area (Å²) in [6, 6.07) is 19.1. The lowest BCUT2D eigenvalue weighted by atomic mass is 9.85. The molecule has 1 N–H and O–H groups in total. The van der Waals surface area contributed by atoms with Crippen molar-refractivity contribution in [1.29, 1.82) is 0 Å². The van der Waals surface area contributed by atoms with E-state index in [1.165, 1.54) is 0 Å². The fraction of sp³-hybridized carbons (Fsp3) is 0.381. The predicted molar refractivity (Wildman–Crippen MR) is 105 cm³/mol. The fourth-order valence-corrected chi connectivity index (χ4v) is 4.57. The highest BCUT2D eigenvalue weighted by Gasteiger charge is 2.48. The van der Waals surface area contributed by atoms with Crippen LogP contribution in [0.3, 0.4) is 0 Å². The molecule has 1 amide bonds. The molecular formula is C21H25NO3S. The van der Waals surface area contributed by atoms with Gasteiger partial charge in [0.15, 0.2) is 0 Å². The first-order valence-corrected chi connectivity index (χ1v) is 9.82. The molecule has 1 atom stereocenters. The molecule has 1 aliphatic heterocycles. The minimum absolute atomic E-state index is 0.391. The van der Waals surface area contributed by atoms with E-state index in [1.54, 1.807) is 16.7 Å². The number of amides is 1. The maximum absolute atomic E-state index is 12.8. The van der Waals surface area contributed by atoms with Crippen molar-refractivity contribution >= 4 is 17.9 Å². The minimum Gasteiger partial charge on any atom is -0.444 e. The highest BCUT2D eigenvalue weighted by molar-refractivity contribution is 8.00. The largest absolute Gasteiger partial charge is 0.444 e. The van der Waals surface area contributed by atoms with Gasteiger partial charge in [-0.15, -0.1) is 11.8 Å². The molecule has 3 rings (SSSR count). The summed E-state index contributed by atoms with van der Waals surface area (Å²) in [4.78, 5) is 14.4. The summed E-state index contributed by atoms with van der Waals surface area (Å²) in [6.45, 7) is 6.10. The molecule has 0 aromatic heterocycles. The van der Waals surface area contributed by atoms with Crippen LogP contribution in [0.15, 0.2) is 60.7 Å². The molecule has 0 bridgehead atoms. The third kappa shape index (κ3) is 3.74. The van der Waals surface area contributed by atoms with Gasteiger partial charge in [0.25, 0.3) is 0 Å². The number of nitrogens with zero attached hydrogens (tertiary/aromatic N) is 1. The van der Waals surface area contributed by atoms with Gasteiger partial charge < -0.3 is 9.84 Å². The molecule has 0 saturated carbocycles. The van der Waals surface area contributed by atoms with Gasteiger partial charge in [0.1, 0.15) is 16.6 Å². The van der Waals surface area contributed by atoms with Crippen molar-refractivity contribution in [3.63, 3.8) is 0 Å². The Kier molecular flexibility index (Phi) is 5.30. The Hall–Kier alpha value is -1.98. The summed E-state index contributed by atoms with van der Waals surface area (Å²) in [6.07, 6.45) is -0.391. The van der Waals surface area contributed by atoms with Crippen molar-refractivity contribution in [2.45, 2.75) is 37.3 Å². The van der Waals surface area contributed by atoms with Crippen molar-refractivity contribution < 1.29 is 14.6 Å². The van der Waals surface area contributed by atoms with Crippen LogP contribution in [0.25, 0.3) is 0 Å². The molecule has 1 saturated heterocycles. The summed E-state index contributed by atoms with van der Waals surface area (Å²) in [5, 5.41) is 11.4. The first-order chi connectivity index (χ1) is 12.3. The maximum Gasteiger partial charge on any atom is 0.411 e. The van der Waals surface area contributed by atoms with Crippen LogP contribution >= 0.6 is 11.8 Å². The maximum atomic E-state index is 12.8. The van der Waals surface area contributed by atoms with Crippen LogP contribution in [0.2, 0.25) is 0 Å². The number of benzene rings is 2. The number of hydrogen-bond acceptors (Lipinski definition) is 4. The summed E-state index contributed by atoms with van der Waals surface area (Å²) >= 11 is 1.58. The molecule has 1 heterocycles. The minimum atomic E-state index is -1.32. The van der Waals surface area contributed by atoms with Crippen LogP contribution in [-0.2, 0) is 10.3 Å². The highest BCUT2D eigenvalue weighted by atomic mass is 32.2. The zero-order valence-electron chi connectivity index (χ0n) is 15.4. The van der Waals surface area contributed by atoms with Crippen LogP contribution in [-0.4, -0.2) is 39.4 Å². The molecular weight excluding hydrogens is 346 g/mol. The van der Waals surface area contributed by atoms with E-state index in [4.69, 9.17) is 4.74 Å². The van der Waals surface area contributed by atoms with Crippen molar-refractivity contribution in [2.75, 3.05) is 12.3 Å². The first kappa shape index (κ1) is 18.8. The van der Waals surface area contributed by atoms with Gasteiger partial charge in [-0.25, -0.2) is 4.79 Å². The number of ether oxygens (including phenoxy) is 1. The molecule has 2 aromatic carbocycles. The Labute approximate surface area is 159 Å². The normalized spacial score (nSPS) is 18.0. The molecule has 2 aromatic rings. The number of aliphatic hydroxyl groups is 1. The van der Waals surface area contributed by atoms with Gasteiger partial charge in [0.2, 0.25) is 0 Å². The zero-order valence-corrected chi connectivity index (χ0v) is 16.2. The summed E-state index contributed by atoms with van der Waals surface area (Å²) < 4.78 is 5.58. The topological polar surface area (TPSA) is 49.8 Å². The van der Waals surface area contributed by atoms with Crippen LogP contribution in [0.5, 0.6) is 0 Å². The van der Waals surface area contributed by atoms with Crippen molar-refractivity contribution in [3.8, 4) is 0 Å². The van der Waals surface area contributed by atoms with Crippen molar-refractivity contribution in [1.82, 2.24) is 4.90 Å². The molecule has 5 heteroatoms. The number of thioether (sulfide) groups is 1. The van der Waals surface area contributed by atoms with E-state index in [0.717, 1.165) is 16.9 Å². The van der Waals surface area contributed by atoms with E-state index in [9.17, 15) is 9.90 Å². The van der Waals surface area contributed by atoms with Gasteiger partial charge in [0.05, 0.1) is 0 Å². The van der Waals surface area contributed by atoms with Crippen molar-refractivity contribution in [2.24, 2.45) is 0 Å². The lowest BCUT2D eigenvalue weighted by Crippen LogP contribution is -2.50. The second-order valence-electron chi connectivity index (χ2n) is 7.40. The second kappa shape index (κ2) is 7.33. The lowest BCUT2D eigenvalue weighted by molar-refractivity contribution is -0.00779. The molecule has 138 valence electrons. The van der Waals surface area contributed by atoms with Gasteiger partial charge >= 0.3 is 6.09 Å². The smallest absolute Gasteiger partial charge is 0.411 e. The SMILES string of the molecule is CC(C)(C)OC(=O)N1CCS[C@@H]1C(O)(c1ccccc1)c1ccccc1. The van der Waals surface area contributed by atoms with E-state index in [-0.39, 0.29) is 0 Å². The molecule has 4 nitrogen and oxygen atoms in total. The van der Waals surface area contributed by atoms with Crippen LogP contribution in [0.4, 0.5) is 4.79 Å². The number of rotatable bonds is 3. The van der Waals surface area contributed by atoms with Gasteiger partial charge in [0, 0.05) is 12.3 Å². The molecule has 1 fully saturated rings. The Bertz CT molecular complexity index is 703. The molecule has 1 aliphatic rings. The summed E-state index contributed by atoms with van der Waals surface area (Å²) in [5.41, 5.74) is -0.370. The van der Waals surface area contributed by atoms with Crippen molar-refractivity contribution in [3.05, 3.63) is 71.8 Å². The Morgan fingerprint density at radius 2 is 1.54 bits per heavy atom. The zero-order chi connectivity index (χ0) is 18.8. The Morgan fingerprint density at radius 1 is 1.04 bits per heavy atom. The standard InChI is InChI=1S/C21H25NO3S/c1-20(2,3)25-19(23)22-14-15-26-18(22)21(24,16-10-6-4-7-11-16)17-12-8-5-9-13-17/h4-13,18,24H,14-15H2,1-3H3/t18-/m1/s1.